The standard InChI is InChI=1S/C15H11ClN2OS/c1-10-7-8-12(20-10)9-13(16)15-17-14(18-19-15)11-5-3-2-4-6-11/h2-9H,1H3/b13-9-. The lowest BCUT2D eigenvalue weighted by atomic mass is 10.2. The summed E-state index contributed by atoms with van der Waals surface area (Å²) in [5, 5.41) is 4.39. The average Bonchev–Trinajstić information content (AvgIpc) is 3.09. The van der Waals surface area contributed by atoms with E-state index in [-0.39, 0.29) is 0 Å². The Labute approximate surface area is 125 Å². The van der Waals surface area contributed by atoms with Crippen molar-refractivity contribution in [2.75, 3.05) is 0 Å². The second kappa shape index (κ2) is 5.61. The Morgan fingerprint density at radius 1 is 1.20 bits per heavy atom. The summed E-state index contributed by atoms with van der Waals surface area (Å²) in [5.41, 5.74) is 0.902. The Bertz CT molecular complexity index is 746. The molecule has 0 unspecified atom stereocenters. The van der Waals surface area contributed by atoms with Gasteiger partial charge in [0.15, 0.2) is 0 Å². The predicted molar refractivity (Wildman–Crippen MR) is 82.5 cm³/mol. The molecule has 3 nitrogen and oxygen atoms in total. The fraction of sp³-hybridized carbons (Fsp3) is 0.0667. The Hall–Kier alpha value is -1.91. The normalized spacial score (nSPS) is 11.8. The first kappa shape index (κ1) is 13.1. The van der Waals surface area contributed by atoms with Crippen molar-refractivity contribution in [3.05, 3.63) is 58.1 Å². The van der Waals surface area contributed by atoms with Crippen LogP contribution in [0.3, 0.4) is 0 Å². The van der Waals surface area contributed by atoms with Crippen LogP contribution in [0.1, 0.15) is 15.6 Å². The molecule has 100 valence electrons. The number of hydrogen-bond donors (Lipinski definition) is 0. The summed E-state index contributed by atoms with van der Waals surface area (Å²) in [6.07, 6.45) is 1.83. The largest absolute Gasteiger partial charge is 0.333 e. The van der Waals surface area contributed by atoms with Crippen molar-refractivity contribution < 1.29 is 4.52 Å². The Morgan fingerprint density at radius 2 is 2.00 bits per heavy atom. The maximum Gasteiger partial charge on any atom is 0.269 e. The topological polar surface area (TPSA) is 38.9 Å². The van der Waals surface area contributed by atoms with Gasteiger partial charge in [-0.05, 0) is 25.1 Å². The molecule has 0 saturated heterocycles. The number of thiophene rings is 1. The van der Waals surface area contributed by atoms with Crippen molar-refractivity contribution in [2.45, 2.75) is 6.92 Å². The fourth-order valence-electron chi connectivity index (χ4n) is 1.74. The number of rotatable bonds is 3. The van der Waals surface area contributed by atoms with Crippen LogP contribution in [-0.4, -0.2) is 10.1 Å². The van der Waals surface area contributed by atoms with E-state index < -0.39 is 0 Å². The Balaban J connectivity index is 1.88. The summed E-state index contributed by atoms with van der Waals surface area (Å²) in [6, 6.07) is 13.7. The summed E-state index contributed by atoms with van der Waals surface area (Å²) >= 11 is 7.89. The third-order valence-electron chi connectivity index (χ3n) is 2.69. The fourth-order valence-corrected chi connectivity index (χ4v) is 2.82. The second-order valence-corrected chi connectivity index (χ2v) is 5.96. The molecule has 0 atom stereocenters. The van der Waals surface area contributed by atoms with Gasteiger partial charge in [0.25, 0.3) is 5.89 Å². The van der Waals surface area contributed by atoms with Crippen LogP contribution in [0.25, 0.3) is 22.5 Å². The molecular formula is C15H11ClN2OS. The highest BCUT2D eigenvalue weighted by molar-refractivity contribution is 7.12. The van der Waals surface area contributed by atoms with Crippen molar-refractivity contribution >= 4 is 34.0 Å². The van der Waals surface area contributed by atoms with Gasteiger partial charge in [-0.25, -0.2) is 0 Å². The van der Waals surface area contributed by atoms with Crippen LogP contribution < -0.4 is 0 Å². The molecule has 0 fully saturated rings. The van der Waals surface area contributed by atoms with E-state index >= 15 is 0 Å². The van der Waals surface area contributed by atoms with E-state index in [2.05, 4.69) is 17.1 Å². The maximum absolute atomic E-state index is 6.22. The van der Waals surface area contributed by atoms with Gasteiger partial charge in [0.1, 0.15) is 5.03 Å². The van der Waals surface area contributed by atoms with Crippen molar-refractivity contribution in [3.63, 3.8) is 0 Å². The van der Waals surface area contributed by atoms with E-state index in [1.54, 1.807) is 11.3 Å². The maximum atomic E-state index is 6.22. The monoisotopic (exact) mass is 302 g/mol. The zero-order valence-electron chi connectivity index (χ0n) is 10.7. The summed E-state index contributed by atoms with van der Waals surface area (Å²) in [4.78, 5) is 6.60. The number of benzene rings is 1. The minimum atomic E-state index is 0.330. The highest BCUT2D eigenvalue weighted by Crippen LogP contribution is 2.26. The van der Waals surface area contributed by atoms with Crippen LogP contribution in [-0.2, 0) is 0 Å². The van der Waals surface area contributed by atoms with Gasteiger partial charge < -0.3 is 4.52 Å². The first-order valence-electron chi connectivity index (χ1n) is 6.05. The van der Waals surface area contributed by atoms with Crippen molar-refractivity contribution in [1.29, 1.82) is 0 Å². The molecule has 0 aliphatic heterocycles. The van der Waals surface area contributed by atoms with Crippen molar-refractivity contribution in [1.82, 2.24) is 10.1 Å². The molecule has 0 radical (unpaired) electrons. The van der Waals surface area contributed by atoms with E-state index in [0.717, 1.165) is 10.4 Å². The minimum Gasteiger partial charge on any atom is -0.333 e. The first-order valence-corrected chi connectivity index (χ1v) is 7.25. The van der Waals surface area contributed by atoms with Crippen LogP contribution in [0.15, 0.2) is 47.0 Å². The zero-order valence-corrected chi connectivity index (χ0v) is 12.3. The molecule has 0 aliphatic rings. The molecule has 3 rings (SSSR count). The van der Waals surface area contributed by atoms with Gasteiger partial charge in [-0.1, -0.05) is 47.1 Å². The summed E-state index contributed by atoms with van der Waals surface area (Å²) in [5.74, 6) is 0.867. The van der Waals surface area contributed by atoms with Crippen molar-refractivity contribution in [2.24, 2.45) is 0 Å². The molecule has 0 bridgehead atoms. The number of aromatic nitrogens is 2. The SMILES string of the molecule is Cc1ccc(/C=C(\Cl)c2nc(-c3ccccc3)no2)s1. The third kappa shape index (κ3) is 2.81. The number of aryl methyl sites for hydroxylation is 1. The number of hydrogen-bond acceptors (Lipinski definition) is 4. The smallest absolute Gasteiger partial charge is 0.269 e. The third-order valence-corrected chi connectivity index (χ3v) is 3.91. The van der Waals surface area contributed by atoms with Crippen molar-refractivity contribution in [3.8, 4) is 11.4 Å². The highest BCUT2D eigenvalue weighted by Gasteiger charge is 2.11. The van der Waals surface area contributed by atoms with Gasteiger partial charge in [-0.3, -0.25) is 0 Å². The molecule has 2 aromatic heterocycles. The van der Waals surface area contributed by atoms with Gasteiger partial charge in [0.2, 0.25) is 5.82 Å². The zero-order chi connectivity index (χ0) is 13.9. The van der Waals surface area contributed by atoms with Crippen LogP contribution in [0.4, 0.5) is 0 Å². The molecule has 0 amide bonds. The number of halogens is 1. The molecule has 0 saturated carbocycles. The molecule has 0 aliphatic carbocycles. The van der Waals surface area contributed by atoms with Crippen LogP contribution in [0.5, 0.6) is 0 Å². The number of nitrogens with zero attached hydrogens (tertiary/aromatic N) is 2. The first-order chi connectivity index (χ1) is 9.72. The van der Waals surface area contributed by atoms with Gasteiger partial charge in [0.05, 0.1) is 0 Å². The molecule has 5 heteroatoms. The molecule has 1 aromatic carbocycles. The average molecular weight is 303 g/mol. The van der Waals surface area contributed by atoms with E-state index in [1.165, 1.54) is 4.88 Å². The summed E-state index contributed by atoms with van der Waals surface area (Å²) < 4.78 is 5.20. The molecule has 0 N–H and O–H groups in total. The van der Waals surface area contributed by atoms with Gasteiger partial charge in [0, 0.05) is 15.3 Å². The molecule has 0 spiro atoms. The van der Waals surface area contributed by atoms with Crippen LogP contribution in [0, 0.1) is 6.92 Å². The summed E-state index contributed by atoms with van der Waals surface area (Å²) in [7, 11) is 0. The molecule has 20 heavy (non-hydrogen) atoms. The van der Waals surface area contributed by atoms with Crippen LogP contribution in [0.2, 0.25) is 0 Å². The molecular weight excluding hydrogens is 292 g/mol. The van der Waals surface area contributed by atoms with E-state index in [0.29, 0.717) is 16.7 Å². The van der Waals surface area contributed by atoms with Crippen LogP contribution >= 0.6 is 22.9 Å². The van der Waals surface area contributed by atoms with Gasteiger partial charge in [-0.15, -0.1) is 11.3 Å². The Morgan fingerprint density at radius 3 is 2.70 bits per heavy atom. The molecule has 2 heterocycles. The molecule has 3 aromatic rings. The predicted octanol–water partition coefficient (Wildman–Crippen LogP) is 4.84. The lowest BCUT2D eigenvalue weighted by Gasteiger charge is -1.91. The minimum absolute atomic E-state index is 0.330. The quantitative estimate of drug-likeness (QED) is 0.694. The lowest BCUT2D eigenvalue weighted by molar-refractivity contribution is 0.410. The van der Waals surface area contributed by atoms with E-state index in [1.807, 2.05) is 48.5 Å². The van der Waals surface area contributed by atoms with Gasteiger partial charge >= 0.3 is 0 Å². The second-order valence-electron chi connectivity index (χ2n) is 4.23. The Kier molecular flexibility index (Phi) is 3.67. The van der Waals surface area contributed by atoms with E-state index in [9.17, 15) is 0 Å². The lowest BCUT2D eigenvalue weighted by Crippen LogP contribution is -1.80. The summed E-state index contributed by atoms with van der Waals surface area (Å²) in [6.45, 7) is 2.05. The highest BCUT2D eigenvalue weighted by atomic mass is 35.5. The van der Waals surface area contributed by atoms with E-state index in [4.69, 9.17) is 16.1 Å². The van der Waals surface area contributed by atoms with Gasteiger partial charge in [-0.2, -0.15) is 4.98 Å².